The molecule has 0 bridgehead atoms. The first kappa shape index (κ1) is 21.2. The van der Waals surface area contributed by atoms with Gasteiger partial charge in [-0.05, 0) is 49.0 Å². The van der Waals surface area contributed by atoms with Crippen molar-refractivity contribution in [1.82, 2.24) is 4.90 Å². The van der Waals surface area contributed by atoms with Crippen LogP contribution >= 0.6 is 0 Å². The fourth-order valence-electron chi connectivity index (χ4n) is 4.53. The van der Waals surface area contributed by atoms with E-state index in [1.165, 1.54) is 37.2 Å². The highest BCUT2D eigenvalue weighted by Crippen LogP contribution is 2.39. The number of ether oxygens (including phenoxy) is 2. The number of rotatable bonds is 7. The van der Waals surface area contributed by atoms with E-state index >= 15 is 0 Å². The second-order valence-corrected chi connectivity index (χ2v) is 9.83. The lowest BCUT2D eigenvalue weighted by Crippen LogP contribution is -2.49. The van der Waals surface area contributed by atoms with Crippen LogP contribution < -0.4 is 9.64 Å². The van der Waals surface area contributed by atoms with Gasteiger partial charge in [0.25, 0.3) is 0 Å². The summed E-state index contributed by atoms with van der Waals surface area (Å²) in [6.07, 6.45) is 2.58. The molecule has 2 aromatic carbocycles. The van der Waals surface area contributed by atoms with Crippen LogP contribution in [0.1, 0.15) is 45.2 Å². The molecule has 162 valence electrons. The smallest absolute Gasteiger partial charge is 0.142 e. The summed E-state index contributed by atoms with van der Waals surface area (Å²) < 4.78 is 12.4. The summed E-state index contributed by atoms with van der Waals surface area (Å²) in [5.74, 6) is 0.987. The highest BCUT2D eigenvalue weighted by molar-refractivity contribution is 5.61. The molecule has 1 fully saturated rings. The summed E-state index contributed by atoms with van der Waals surface area (Å²) in [5, 5.41) is 0. The second kappa shape index (κ2) is 9.40. The lowest BCUT2D eigenvalue weighted by molar-refractivity contribution is 0.0309. The van der Waals surface area contributed by atoms with Crippen LogP contribution in [-0.2, 0) is 4.74 Å². The fraction of sp³-hybridized carbons (Fsp3) is 0.538. The zero-order chi connectivity index (χ0) is 21.0. The number of anilines is 1. The number of benzene rings is 2. The Labute approximate surface area is 181 Å². The van der Waals surface area contributed by atoms with Gasteiger partial charge in [-0.2, -0.15) is 0 Å². The average Bonchev–Trinajstić information content (AvgIpc) is 3.28. The minimum Gasteiger partial charge on any atom is -0.489 e. The van der Waals surface area contributed by atoms with Crippen molar-refractivity contribution >= 4 is 5.69 Å². The molecule has 2 unspecified atom stereocenters. The van der Waals surface area contributed by atoms with Gasteiger partial charge in [-0.25, -0.2) is 0 Å². The maximum absolute atomic E-state index is 6.24. The molecule has 30 heavy (non-hydrogen) atoms. The standard InChI is InChI=1S/C26H36N2O2/c1-26(2,3)20-29-18-22(27-15-9-10-16-27)17-28-23-13-7-8-14-25(23)30-19-24(28)21-11-5-4-6-12-21/h4-8,11-14,22,24H,9-10,15-20H2,1-3H3. The largest absolute Gasteiger partial charge is 0.489 e. The summed E-state index contributed by atoms with van der Waals surface area (Å²) in [6, 6.07) is 19.8. The molecule has 2 heterocycles. The maximum atomic E-state index is 6.24. The third kappa shape index (κ3) is 5.16. The number of para-hydroxylation sites is 2. The van der Waals surface area contributed by atoms with Crippen LogP contribution in [-0.4, -0.2) is 50.4 Å². The number of hydrogen-bond acceptors (Lipinski definition) is 4. The van der Waals surface area contributed by atoms with Crippen molar-refractivity contribution in [2.24, 2.45) is 5.41 Å². The van der Waals surface area contributed by atoms with E-state index in [0.717, 1.165) is 25.5 Å². The lowest BCUT2D eigenvalue weighted by Gasteiger charge is -2.42. The van der Waals surface area contributed by atoms with Crippen molar-refractivity contribution in [1.29, 1.82) is 0 Å². The Morgan fingerprint density at radius 1 is 1.00 bits per heavy atom. The van der Waals surface area contributed by atoms with Crippen LogP contribution in [0, 0.1) is 5.41 Å². The fourth-order valence-corrected chi connectivity index (χ4v) is 4.53. The molecule has 2 aliphatic heterocycles. The Kier molecular flexibility index (Phi) is 6.64. The summed E-state index contributed by atoms with van der Waals surface area (Å²) in [6.45, 7) is 12.2. The molecule has 0 radical (unpaired) electrons. The van der Waals surface area contributed by atoms with Crippen LogP contribution in [0.5, 0.6) is 5.75 Å². The third-order valence-corrected chi connectivity index (χ3v) is 6.04. The predicted molar refractivity (Wildman–Crippen MR) is 123 cm³/mol. The Bertz CT molecular complexity index is 796. The van der Waals surface area contributed by atoms with E-state index in [9.17, 15) is 0 Å². The molecule has 1 saturated heterocycles. The SMILES string of the molecule is CC(C)(C)COCC(CN1c2ccccc2OCC1c1ccccc1)N1CCCC1. The zero-order valence-corrected chi connectivity index (χ0v) is 18.7. The maximum Gasteiger partial charge on any atom is 0.142 e. The van der Waals surface area contributed by atoms with E-state index in [2.05, 4.69) is 85.2 Å². The van der Waals surface area contributed by atoms with Gasteiger partial charge in [0.15, 0.2) is 0 Å². The van der Waals surface area contributed by atoms with Gasteiger partial charge < -0.3 is 14.4 Å². The average molecular weight is 409 g/mol. The molecule has 0 saturated carbocycles. The molecule has 4 nitrogen and oxygen atoms in total. The molecule has 2 aliphatic rings. The molecule has 2 atom stereocenters. The topological polar surface area (TPSA) is 24.9 Å². The Hall–Kier alpha value is -2.04. The highest BCUT2D eigenvalue weighted by atomic mass is 16.5. The van der Waals surface area contributed by atoms with Crippen molar-refractivity contribution in [2.45, 2.75) is 45.7 Å². The van der Waals surface area contributed by atoms with Gasteiger partial charge in [0, 0.05) is 6.54 Å². The van der Waals surface area contributed by atoms with Gasteiger partial charge in [0.05, 0.1) is 31.0 Å². The summed E-state index contributed by atoms with van der Waals surface area (Å²) in [7, 11) is 0. The first-order valence-corrected chi connectivity index (χ1v) is 11.4. The third-order valence-electron chi connectivity index (χ3n) is 6.04. The molecular formula is C26H36N2O2. The molecule has 0 aromatic heterocycles. The first-order valence-electron chi connectivity index (χ1n) is 11.4. The zero-order valence-electron chi connectivity index (χ0n) is 18.7. The number of fused-ring (bicyclic) bond motifs is 1. The van der Waals surface area contributed by atoms with Gasteiger partial charge >= 0.3 is 0 Å². The lowest BCUT2D eigenvalue weighted by atomic mass is 9.98. The van der Waals surface area contributed by atoms with Crippen molar-refractivity contribution in [2.75, 3.05) is 44.4 Å². The summed E-state index contributed by atoms with van der Waals surface area (Å²) in [5.41, 5.74) is 2.69. The van der Waals surface area contributed by atoms with E-state index in [0.29, 0.717) is 12.6 Å². The number of likely N-dealkylation sites (tertiary alicyclic amines) is 1. The van der Waals surface area contributed by atoms with Crippen LogP contribution in [0.15, 0.2) is 54.6 Å². The second-order valence-electron chi connectivity index (χ2n) is 9.83. The normalized spacial score (nSPS) is 20.6. The molecule has 0 spiro atoms. The van der Waals surface area contributed by atoms with Gasteiger partial charge in [-0.1, -0.05) is 63.2 Å². The minimum atomic E-state index is 0.188. The van der Waals surface area contributed by atoms with Crippen molar-refractivity contribution in [3.63, 3.8) is 0 Å². The summed E-state index contributed by atoms with van der Waals surface area (Å²) in [4.78, 5) is 5.18. The van der Waals surface area contributed by atoms with Gasteiger partial charge in [-0.15, -0.1) is 0 Å². The Morgan fingerprint density at radius 3 is 2.43 bits per heavy atom. The molecular weight excluding hydrogens is 372 g/mol. The minimum absolute atomic E-state index is 0.188. The Balaban J connectivity index is 1.59. The molecule has 4 heteroatoms. The van der Waals surface area contributed by atoms with Crippen LogP contribution in [0.3, 0.4) is 0 Å². The molecule has 0 aliphatic carbocycles. The van der Waals surface area contributed by atoms with Gasteiger partial charge in [-0.3, -0.25) is 4.90 Å². The highest BCUT2D eigenvalue weighted by Gasteiger charge is 2.33. The van der Waals surface area contributed by atoms with E-state index in [-0.39, 0.29) is 11.5 Å². The predicted octanol–water partition coefficient (Wildman–Crippen LogP) is 5.15. The Morgan fingerprint density at radius 2 is 1.70 bits per heavy atom. The number of hydrogen-bond donors (Lipinski definition) is 0. The van der Waals surface area contributed by atoms with Crippen molar-refractivity contribution in [3.8, 4) is 5.75 Å². The molecule has 0 N–H and O–H groups in total. The van der Waals surface area contributed by atoms with Crippen molar-refractivity contribution in [3.05, 3.63) is 60.2 Å². The molecule has 4 rings (SSSR count). The van der Waals surface area contributed by atoms with Crippen LogP contribution in [0.4, 0.5) is 5.69 Å². The number of nitrogens with zero attached hydrogens (tertiary/aromatic N) is 2. The van der Waals surface area contributed by atoms with Crippen LogP contribution in [0.25, 0.3) is 0 Å². The van der Waals surface area contributed by atoms with E-state index in [4.69, 9.17) is 9.47 Å². The van der Waals surface area contributed by atoms with Crippen LogP contribution in [0.2, 0.25) is 0 Å². The van der Waals surface area contributed by atoms with E-state index in [1.54, 1.807) is 0 Å². The summed E-state index contributed by atoms with van der Waals surface area (Å²) >= 11 is 0. The quantitative estimate of drug-likeness (QED) is 0.632. The molecule has 0 amide bonds. The van der Waals surface area contributed by atoms with Gasteiger partial charge in [0.1, 0.15) is 12.4 Å². The van der Waals surface area contributed by atoms with E-state index in [1.807, 2.05) is 0 Å². The van der Waals surface area contributed by atoms with E-state index < -0.39 is 0 Å². The van der Waals surface area contributed by atoms with Gasteiger partial charge in [0.2, 0.25) is 0 Å². The molecule has 2 aromatic rings. The first-order chi connectivity index (χ1) is 14.5. The monoisotopic (exact) mass is 408 g/mol. The van der Waals surface area contributed by atoms with Crippen molar-refractivity contribution < 1.29 is 9.47 Å².